The average Bonchev–Trinajstić information content (AvgIpc) is 2.73. The largest absolute Gasteiger partial charge is 0.321 e. The maximum Gasteiger partial charge on any atom is 0.258 e. The maximum atomic E-state index is 13.7. The Labute approximate surface area is 187 Å². The first-order valence-electron chi connectivity index (χ1n) is 9.27. The number of hydrogen-bond donors (Lipinski definition) is 1. The number of amides is 1. The lowest BCUT2D eigenvalue weighted by Crippen LogP contribution is -2.19. The van der Waals surface area contributed by atoms with Crippen LogP contribution in [0.15, 0.2) is 59.7 Å². The number of benzene rings is 2. The molecule has 0 saturated carbocycles. The van der Waals surface area contributed by atoms with Gasteiger partial charge in [-0.2, -0.15) is 0 Å². The van der Waals surface area contributed by atoms with Crippen LogP contribution in [0.4, 0.5) is 10.1 Å². The van der Waals surface area contributed by atoms with Gasteiger partial charge in [0.15, 0.2) is 0 Å². The Hall–Kier alpha value is -3.22. The zero-order valence-corrected chi connectivity index (χ0v) is 18.1. The van der Waals surface area contributed by atoms with Crippen molar-refractivity contribution in [2.45, 2.75) is 6.92 Å². The van der Waals surface area contributed by atoms with Gasteiger partial charge in [-0.05, 0) is 55.0 Å². The van der Waals surface area contributed by atoms with Gasteiger partial charge in [0.05, 0.1) is 26.8 Å². The number of fused-ring (bicyclic) bond motifs is 1. The van der Waals surface area contributed by atoms with E-state index in [1.807, 2.05) is 0 Å². The van der Waals surface area contributed by atoms with Gasteiger partial charge >= 0.3 is 0 Å². The number of aromatic nitrogens is 2. The fourth-order valence-corrected chi connectivity index (χ4v) is 4.08. The fraction of sp³-hybridized carbons (Fsp3) is 0.0870. The van der Waals surface area contributed by atoms with Gasteiger partial charge in [0.2, 0.25) is 0 Å². The number of hydrogen-bond acceptors (Lipinski definition) is 3. The summed E-state index contributed by atoms with van der Waals surface area (Å²) in [6.07, 6.45) is 3.24. The molecule has 0 unspecified atom stereocenters. The number of aryl methyl sites for hydroxylation is 2. The second-order valence-corrected chi connectivity index (χ2v) is 7.90. The molecule has 31 heavy (non-hydrogen) atoms. The smallest absolute Gasteiger partial charge is 0.258 e. The second-order valence-electron chi connectivity index (χ2n) is 7.11. The molecule has 2 aromatic heterocycles. The Morgan fingerprint density at radius 2 is 1.90 bits per heavy atom. The number of nitrogens with zero attached hydrogens (tertiary/aromatic N) is 2. The van der Waals surface area contributed by atoms with Gasteiger partial charge in [-0.1, -0.05) is 23.2 Å². The van der Waals surface area contributed by atoms with E-state index in [1.165, 1.54) is 16.7 Å². The van der Waals surface area contributed by atoms with Crippen LogP contribution >= 0.6 is 23.2 Å². The summed E-state index contributed by atoms with van der Waals surface area (Å²) in [4.78, 5) is 29.8. The molecule has 1 amide bonds. The molecule has 0 bridgehead atoms. The summed E-state index contributed by atoms with van der Waals surface area (Å²) in [5.41, 5.74) is 1.99. The minimum atomic E-state index is -0.534. The fourth-order valence-electron chi connectivity index (χ4n) is 3.46. The average molecular weight is 456 g/mol. The van der Waals surface area contributed by atoms with Crippen molar-refractivity contribution in [3.63, 3.8) is 0 Å². The standard InChI is InChI=1S/C23H16Cl2FN3O2/c1-12-7-13(9-15(26)8-12)22(30)28-18-4-3-17(24)20(21(18)25)16-10-14-11-27-6-5-19(14)29(2)23(16)31/h3-11H,1-2H3,(H,28,30). The Kier molecular flexibility index (Phi) is 5.52. The van der Waals surface area contributed by atoms with Crippen LogP contribution in [-0.2, 0) is 7.05 Å². The number of pyridine rings is 2. The summed E-state index contributed by atoms with van der Waals surface area (Å²) in [5.74, 6) is -1.05. The summed E-state index contributed by atoms with van der Waals surface area (Å²) in [6, 6.07) is 10.5. The third-order valence-electron chi connectivity index (χ3n) is 4.94. The number of nitrogens with one attached hydrogen (secondary N) is 1. The van der Waals surface area contributed by atoms with Crippen molar-refractivity contribution < 1.29 is 9.18 Å². The van der Waals surface area contributed by atoms with Crippen molar-refractivity contribution in [3.05, 3.63) is 92.2 Å². The number of halogens is 3. The zero-order chi connectivity index (χ0) is 22.3. The molecule has 0 saturated heterocycles. The van der Waals surface area contributed by atoms with Crippen molar-refractivity contribution in [1.82, 2.24) is 9.55 Å². The second kappa shape index (κ2) is 8.13. The number of carbonyl (C=O) groups excluding carboxylic acids is 1. The predicted octanol–water partition coefficient (Wildman–Crippen LogP) is 5.61. The molecular weight excluding hydrogens is 440 g/mol. The van der Waals surface area contributed by atoms with E-state index in [2.05, 4.69) is 10.3 Å². The Balaban J connectivity index is 1.82. The third-order valence-corrected chi connectivity index (χ3v) is 5.64. The summed E-state index contributed by atoms with van der Waals surface area (Å²) < 4.78 is 15.2. The van der Waals surface area contributed by atoms with E-state index in [1.54, 1.807) is 50.6 Å². The normalized spacial score (nSPS) is 11.0. The highest BCUT2D eigenvalue weighted by Crippen LogP contribution is 2.39. The van der Waals surface area contributed by atoms with Crippen LogP contribution in [0.5, 0.6) is 0 Å². The molecule has 0 aliphatic heterocycles. The van der Waals surface area contributed by atoms with E-state index in [0.29, 0.717) is 16.6 Å². The van der Waals surface area contributed by atoms with E-state index in [-0.39, 0.29) is 32.4 Å². The predicted molar refractivity (Wildman–Crippen MR) is 122 cm³/mol. The van der Waals surface area contributed by atoms with Gasteiger partial charge in [0.25, 0.3) is 11.5 Å². The Morgan fingerprint density at radius 3 is 2.65 bits per heavy atom. The first kappa shape index (κ1) is 21.0. The molecule has 0 radical (unpaired) electrons. The van der Waals surface area contributed by atoms with Gasteiger partial charge in [-0.25, -0.2) is 4.39 Å². The monoisotopic (exact) mass is 455 g/mol. The molecule has 0 aliphatic rings. The summed E-state index contributed by atoms with van der Waals surface area (Å²) in [7, 11) is 1.65. The minimum absolute atomic E-state index is 0.106. The number of rotatable bonds is 3. The van der Waals surface area contributed by atoms with Crippen LogP contribution < -0.4 is 10.9 Å². The quantitative estimate of drug-likeness (QED) is 0.436. The van der Waals surface area contributed by atoms with Crippen LogP contribution in [0.3, 0.4) is 0 Å². The lowest BCUT2D eigenvalue weighted by atomic mass is 10.0. The lowest BCUT2D eigenvalue weighted by molar-refractivity contribution is 0.102. The van der Waals surface area contributed by atoms with E-state index in [9.17, 15) is 14.0 Å². The molecule has 0 atom stereocenters. The van der Waals surface area contributed by atoms with E-state index >= 15 is 0 Å². The molecule has 0 aliphatic carbocycles. The molecule has 156 valence electrons. The number of carbonyl (C=O) groups is 1. The molecule has 1 N–H and O–H groups in total. The molecule has 4 rings (SSSR count). The first-order chi connectivity index (χ1) is 14.8. The van der Waals surface area contributed by atoms with Crippen LogP contribution in [0.1, 0.15) is 15.9 Å². The maximum absolute atomic E-state index is 13.7. The van der Waals surface area contributed by atoms with Crippen molar-refractivity contribution in [2.24, 2.45) is 7.05 Å². The van der Waals surface area contributed by atoms with Crippen LogP contribution in [-0.4, -0.2) is 15.5 Å². The van der Waals surface area contributed by atoms with Gasteiger partial charge in [0, 0.05) is 36.0 Å². The molecule has 8 heteroatoms. The van der Waals surface area contributed by atoms with Crippen molar-refractivity contribution in [2.75, 3.05) is 5.32 Å². The van der Waals surface area contributed by atoms with E-state index in [4.69, 9.17) is 23.2 Å². The van der Waals surface area contributed by atoms with Gasteiger partial charge in [0.1, 0.15) is 5.82 Å². The Morgan fingerprint density at radius 1 is 1.13 bits per heavy atom. The topological polar surface area (TPSA) is 64.0 Å². The van der Waals surface area contributed by atoms with Crippen molar-refractivity contribution in [3.8, 4) is 11.1 Å². The SMILES string of the molecule is Cc1cc(F)cc(C(=O)Nc2ccc(Cl)c(-c3cc4cnccc4n(C)c3=O)c2Cl)c1. The summed E-state index contributed by atoms with van der Waals surface area (Å²) in [5, 5.41) is 3.77. The van der Waals surface area contributed by atoms with E-state index in [0.717, 1.165) is 11.5 Å². The molecule has 0 spiro atoms. The van der Waals surface area contributed by atoms with Gasteiger partial charge in [-0.3, -0.25) is 14.6 Å². The summed E-state index contributed by atoms with van der Waals surface area (Å²) >= 11 is 13.0. The summed E-state index contributed by atoms with van der Waals surface area (Å²) in [6.45, 7) is 1.69. The van der Waals surface area contributed by atoms with E-state index < -0.39 is 11.7 Å². The third kappa shape index (κ3) is 3.92. The molecule has 2 heterocycles. The molecule has 2 aromatic carbocycles. The number of anilines is 1. The Bertz CT molecular complexity index is 1400. The molecule has 0 fully saturated rings. The lowest BCUT2D eigenvalue weighted by Gasteiger charge is -2.15. The molecular formula is C23H16Cl2FN3O2. The van der Waals surface area contributed by atoms with Crippen LogP contribution in [0, 0.1) is 12.7 Å². The van der Waals surface area contributed by atoms with Crippen molar-refractivity contribution in [1.29, 1.82) is 0 Å². The van der Waals surface area contributed by atoms with Crippen LogP contribution in [0.25, 0.3) is 22.0 Å². The van der Waals surface area contributed by atoms with Gasteiger partial charge in [-0.15, -0.1) is 0 Å². The van der Waals surface area contributed by atoms with Gasteiger partial charge < -0.3 is 9.88 Å². The van der Waals surface area contributed by atoms with Crippen LogP contribution in [0.2, 0.25) is 10.0 Å². The minimum Gasteiger partial charge on any atom is -0.321 e. The zero-order valence-electron chi connectivity index (χ0n) is 16.5. The molecule has 5 nitrogen and oxygen atoms in total. The highest BCUT2D eigenvalue weighted by atomic mass is 35.5. The highest BCUT2D eigenvalue weighted by Gasteiger charge is 2.19. The van der Waals surface area contributed by atoms with Crippen molar-refractivity contribution >= 4 is 45.7 Å². The molecule has 4 aromatic rings. The first-order valence-corrected chi connectivity index (χ1v) is 10.0. The highest BCUT2D eigenvalue weighted by molar-refractivity contribution is 6.41.